The Hall–Kier alpha value is -4.44. The monoisotopic (exact) mass is 513 g/mol. The lowest BCUT2D eigenvalue weighted by molar-refractivity contribution is 0.335. The molecule has 38 heavy (non-hydrogen) atoms. The van der Waals surface area contributed by atoms with Gasteiger partial charge < -0.3 is 15.4 Å². The van der Waals surface area contributed by atoms with E-state index in [4.69, 9.17) is 19.8 Å². The molecule has 0 aliphatic carbocycles. The minimum Gasteiger partial charge on any atom is -0.494 e. The summed E-state index contributed by atoms with van der Waals surface area (Å²) in [6.45, 7) is 3.44. The number of halogens is 2. The third-order valence-electron chi connectivity index (χ3n) is 6.48. The molecule has 0 fully saturated rings. The van der Waals surface area contributed by atoms with Gasteiger partial charge in [-0.05, 0) is 25.1 Å². The van der Waals surface area contributed by atoms with Crippen molar-refractivity contribution in [3.63, 3.8) is 0 Å². The molecule has 0 unspecified atom stereocenters. The summed E-state index contributed by atoms with van der Waals surface area (Å²) in [7, 11) is 0. The van der Waals surface area contributed by atoms with E-state index in [1.807, 2.05) is 36.4 Å². The first-order valence-corrected chi connectivity index (χ1v) is 12.4. The molecule has 6 rings (SSSR count). The lowest BCUT2D eigenvalue weighted by atomic mass is 10.1. The number of benzene rings is 2. The third kappa shape index (κ3) is 4.54. The van der Waals surface area contributed by atoms with Crippen LogP contribution in [0.5, 0.6) is 5.75 Å². The molecular formula is C28H25F2N7O. The molecule has 2 aromatic carbocycles. The summed E-state index contributed by atoms with van der Waals surface area (Å²) in [6.07, 6.45) is 4.17. The highest BCUT2D eigenvalue weighted by atomic mass is 19.1. The van der Waals surface area contributed by atoms with Gasteiger partial charge in [0.05, 0.1) is 24.4 Å². The second-order valence-electron chi connectivity index (χ2n) is 8.93. The molecule has 0 amide bonds. The molecule has 0 radical (unpaired) electrons. The summed E-state index contributed by atoms with van der Waals surface area (Å²) >= 11 is 0. The molecule has 1 aliphatic rings. The first kappa shape index (κ1) is 23.9. The Kier molecular flexibility index (Phi) is 6.38. The molecule has 5 aromatic rings. The van der Waals surface area contributed by atoms with Crippen molar-refractivity contribution in [2.45, 2.75) is 26.4 Å². The number of hydrogen-bond donors (Lipinski definition) is 2. The number of ether oxygens (including phenoxy) is 1. The van der Waals surface area contributed by atoms with E-state index >= 15 is 0 Å². The molecule has 10 heteroatoms. The molecule has 4 heterocycles. The Balaban J connectivity index is 1.44. The number of rotatable bonds is 7. The van der Waals surface area contributed by atoms with Crippen LogP contribution in [0.25, 0.3) is 22.4 Å². The van der Waals surface area contributed by atoms with Crippen molar-refractivity contribution in [1.82, 2.24) is 30.0 Å². The van der Waals surface area contributed by atoms with E-state index in [0.29, 0.717) is 30.5 Å². The maximum atomic E-state index is 14.9. The van der Waals surface area contributed by atoms with Crippen LogP contribution in [-0.4, -0.2) is 37.9 Å². The standard InChI is InChI=1S/C28H25F2N7O/c1-2-38-18-13-22(29)21(23(30)14-18)16-37-25-6-4-3-5-19(25)26(36-37)28-34-24-9-12-32-15-20(24)27(35-28)33-17-7-10-31-11-8-17/h3-8,10-11,13-14,32H,2,9,12,15-16H2,1H3,(H,31,33,34,35). The van der Waals surface area contributed by atoms with Crippen LogP contribution in [0.4, 0.5) is 20.3 Å². The zero-order valence-corrected chi connectivity index (χ0v) is 20.7. The highest BCUT2D eigenvalue weighted by molar-refractivity contribution is 5.92. The van der Waals surface area contributed by atoms with Crippen molar-refractivity contribution < 1.29 is 13.5 Å². The Bertz CT molecular complexity index is 1600. The highest BCUT2D eigenvalue weighted by Gasteiger charge is 2.23. The van der Waals surface area contributed by atoms with Gasteiger partial charge in [-0.2, -0.15) is 5.10 Å². The maximum Gasteiger partial charge on any atom is 0.183 e. The van der Waals surface area contributed by atoms with Crippen LogP contribution in [0.1, 0.15) is 23.7 Å². The van der Waals surface area contributed by atoms with E-state index in [2.05, 4.69) is 15.6 Å². The first-order chi connectivity index (χ1) is 18.6. The SMILES string of the molecule is CCOc1cc(F)c(Cn2nc(-c3nc4c(c(Nc5ccncc5)n3)CNCC4)c3ccccc32)c(F)c1. The Morgan fingerprint density at radius 3 is 2.63 bits per heavy atom. The summed E-state index contributed by atoms with van der Waals surface area (Å²) in [5.41, 5.74) is 3.97. The normalized spacial score (nSPS) is 12.9. The van der Waals surface area contributed by atoms with Gasteiger partial charge in [-0.1, -0.05) is 18.2 Å². The van der Waals surface area contributed by atoms with Gasteiger partial charge >= 0.3 is 0 Å². The molecule has 0 bridgehead atoms. The van der Waals surface area contributed by atoms with Gasteiger partial charge in [0.15, 0.2) is 5.82 Å². The van der Waals surface area contributed by atoms with Crippen molar-refractivity contribution in [3.8, 4) is 17.3 Å². The van der Waals surface area contributed by atoms with E-state index in [1.54, 1.807) is 24.0 Å². The van der Waals surface area contributed by atoms with E-state index in [1.165, 1.54) is 12.1 Å². The number of nitrogens with zero attached hydrogens (tertiary/aromatic N) is 5. The molecule has 0 saturated carbocycles. The van der Waals surface area contributed by atoms with Gasteiger partial charge in [0.2, 0.25) is 0 Å². The number of para-hydroxylation sites is 1. The van der Waals surface area contributed by atoms with Crippen LogP contribution in [-0.2, 0) is 19.5 Å². The molecule has 8 nitrogen and oxygen atoms in total. The van der Waals surface area contributed by atoms with Gasteiger partial charge in [-0.25, -0.2) is 18.7 Å². The van der Waals surface area contributed by atoms with Crippen molar-refractivity contribution >= 4 is 22.4 Å². The van der Waals surface area contributed by atoms with Crippen LogP contribution in [0, 0.1) is 11.6 Å². The van der Waals surface area contributed by atoms with Crippen LogP contribution < -0.4 is 15.4 Å². The summed E-state index contributed by atoms with van der Waals surface area (Å²) < 4.78 is 36.6. The zero-order valence-electron chi connectivity index (χ0n) is 20.7. The average molecular weight is 514 g/mol. The fourth-order valence-electron chi connectivity index (χ4n) is 4.67. The van der Waals surface area contributed by atoms with Crippen LogP contribution >= 0.6 is 0 Å². The number of nitrogens with one attached hydrogen (secondary N) is 2. The van der Waals surface area contributed by atoms with E-state index in [-0.39, 0.29) is 17.9 Å². The predicted molar refractivity (Wildman–Crippen MR) is 140 cm³/mol. The van der Waals surface area contributed by atoms with Gasteiger partial charge in [-0.3, -0.25) is 9.67 Å². The van der Waals surface area contributed by atoms with Gasteiger partial charge in [0.1, 0.15) is 28.9 Å². The van der Waals surface area contributed by atoms with Crippen molar-refractivity contribution in [3.05, 3.63) is 89.4 Å². The van der Waals surface area contributed by atoms with E-state index < -0.39 is 11.6 Å². The molecular weight excluding hydrogens is 488 g/mol. The van der Waals surface area contributed by atoms with Crippen molar-refractivity contribution in [2.75, 3.05) is 18.5 Å². The molecule has 0 saturated heterocycles. The molecule has 0 spiro atoms. The topological polar surface area (TPSA) is 89.8 Å². The number of hydrogen-bond acceptors (Lipinski definition) is 7. The largest absolute Gasteiger partial charge is 0.494 e. The second-order valence-corrected chi connectivity index (χ2v) is 8.93. The summed E-state index contributed by atoms with van der Waals surface area (Å²) in [6, 6.07) is 13.7. The number of fused-ring (bicyclic) bond motifs is 2. The number of pyridine rings is 1. The highest BCUT2D eigenvalue weighted by Crippen LogP contribution is 2.31. The lowest BCUT2D eigenvalue weighted by Gasteiger charge is -2.20. The molecule has 3 aromatic heterocycles. The fourth-order valence-corrected chi connectivity index (χ4v) is 4.67. The van der Waals surface area contributed by atoms with Gasteiger partial charge in [-0.15, -0.1) is 0 Å². The summed E-state index contributed by atoms with van der Waals surface area (Å²) in [5, 5.41) is 12.3. The Labute approximate surface area is 217 Å². The van der Waals surface area contributed by atoms with Crippen molar-refractivity contribution in [2.24, 2.45) is 0 Å². The van der Waals surface area contributed by atoms with Gasteiger partial charge in [0, 0.05) is 66.2 Å². The van der Waals surface area contributed by atoms with E-state index in [0.717, 1.165) is 40.8 Å². The average Bonchev–Trinajstić information content (AvgIpc) is 3.30. The fraction of sp³-hybridized carbons (Fsp3) is 0.214. The van der Waals surface area contributed by atoms with E-state index in [9.17, 15) is 8.78 Å². The second kappa shape index (κ2) is 10.1. The predicted octanol–water partition coefficient (Wildman–Crippen LogP) is 5.00. The van der Waals surface area contributed by atoms with Crippen LogP contribution in [0.2, 0.25) is 0 Å². The molecule has 0 atom stereocenters. The minimum absolute atomic E-state index is 0.0919. The minimum atomic E-state index is -0.684. The molecule has 192 valence electrons. The summed E-state index contributed by atoms with van der Waals surface area (Å²) in [5.74, 6) is -0.0780. The summed E-state index contributed by atoms with van der Waals surface area (Å²) in [4.78, 5) is 13.8. The van der Waals surface area contributed by atoms with Crippen LogP contribution in [0.3, 0.4) is 0 Å². The Morgan fingerprint density at radius 1 is 1.05 bits per heavy atom. The van der Waals surface area contributed by atoms with Crippen molar-refractivity contribution in [1.29, 1.82) is 0 Å². The third-order valence-corrected chi connectivity index (χ3v) is 6.48. The number of aromatic nitrogens is 5. The molecule has 2 N–H and O–H groups in total. The molecule has 1 aliphatic heterocycles. The van der Waals surface area contributed by atoms with Gasteiger partial charge in [0.25, 0.3) is 0 Å². The first-order valence-electron chi connectivity index (χ1n) is 12.4. The lowest BCUT2D eigenvalue weighted by Crippen LogP contribution is -2.26. The zero-order chi connectivity index (χ0) is 26.1. The smallest absolute Gasteiger partial charge is 0.183 e. The quantitative estimate of drug-likeness (QED) is 0.317. The number of anilines is 2. The van der Waals surface area contributed by atoms with Crippen LogP contribution in [0.15, 0.2) is 60.9 Å². The Morgan fingerprint density at radius 2 is 1.84 bits per heavy atom. The maximum absolute atomic E-state index is 14.9.